The zero-order valence-corrected chi connectivity index (χ0v) is 16.0. The van der Waals surface area contributed by atoms with Crippen LogP contribution in [-0.4, -0.2) is 57.5 Å². The second-order valence-corrected chi connectivity index (χ2v) is 7.30. The normalized spacial score (nSPS) is 18.9. The number of rotatable bonds is 5. The fourth-order valence-corrected chi connectivity index (χ4v) is 3.93. The first-order chi connectivity index (χ1) is 13.7. The number of nitrogens with zero attached hydrogens (tertiary/aromatic N) is 5. The van der Waals surface area contributed by atoms with Crippen LogP contribution in [0.4, 0.5) is 5.95 Å². The van der Waals surface area contributed by atoms with E-state index in [-0.39, 0.29) is 11.8 Å². The molecule has 146 valence electrons. The molecule has 28 heavy (non-hydrogen) atoms. The third-order valence-corrected chi connectivity index (χ3v) is 5.34. The number of aromatic hydroxyl groups is 1. The Kier molecular flexibility index (Phi) is 5.26. The molecule has 8 heteroatoms. The maximum absolute atomic E-state index is 10.6. The highest BCUT2D eigenvalue weighted by molar-refractivity contribution is 5.72. The number of benzene rings is 1. The quantitative estimate of drug-likeness (QED) is 0.813. The number of piperidine rings is 1. The number of aromatic nitrogens is 3. The van der Waals surface area contributed by atoms with Gasteiger partial charge in [0.2, 0.25) is 5.95 Å². The fraction of sp³-hybridized carbons (Fsp3) is 0.500. The molecule has 2 aliphatic rings. The van der Waals surface area contributed by atoms with E-state index in [4.69, 9.17) is 10.00 Å². The summed E-state index contributed by atoms with van der Waals surface area (Å²) in [6.07, 6.45) is 3.36. The molecule has 0 saturated carbocycles. The van der Waals surface area contributed by atoms with Crippen LogP contribution in [-0.2, 0) is 6.42 Å². The van der Waals surface area contributed by atoms with E-state index in [1.807, 2.05) is 13.0 Å². The summed E-state index contributed by atoms with van der Waals surface area (Å²) in [6, 6.07) is 6.11. The Morgan fingerprint density at radius 2 is 2.29 bits per heavy atom. The van der Waals surface area contributed by atoms with Crippen molar-refractivity contribution < 1.29 is 9.84 Å². The summed E-state index contributed by atoms with van der Waals surface area (Å²) in [5, 5.41) is 31.3. The van der Waals surface area contributed by atoms with Gasteiger partial charge in [-0.05, 0) is 38.4 Å². The Morgan fingerprint density at radius 1 is 1.39 bits per heavy atom. The first kappa shape index (κ1) is 18.4. The number of ether oxygens (including phenoxy) is 1. The molecule has 0 bridgehead atoms. The highest BCUT2D eigenvalue weighted by Gasteiger charge is 2.23. The molecule has 0 spiro atoms. The van der Waals surface area contributed by atoms with E-state index >= 15 is 0 Å². The third kappa shape index (κ3) is 3.71. The molecular formula is C20H24N6O2. The molecule has 4 rings (SSSR count). The first-order valence-electron chi connectivity index (χ1n) is 9.71. The lowest BCUT2D eigenvalue weighted by molar-refractivity contribution is 0.220. The van der Waals surface area contributed by atoms with Crippen LogP contribution < -0.4 is 10.1 Å². The predicted octanol–water partition coefficient (Wildman–Crippen LogP) is 2.28. The summed E-state index contributed by atoms with van der Waals surface area (Å²) in [7, 11) is 0. The van der Waals surface area contributed by atoms with Crippen LogP contribution in [0, 0.1) is 18.3 Å². The molecule has 2 aromatic rings. The van der Waals surface area contributed by atoms with Crippen molar-refractivity contribution in [3.63, 3.8) is 0 Å². The maximum atomic E-state index is 10.6. The number of aryl methyl sites for hydroxylation is 1. The van der Waals surface area contributed by atoms with Crippen molar-refractivity contribution in [1.82, 2.24) is 20.1 Å². The van der Waals surface area contributed by atoms with Crippen LogP contribution in [0.5, 0.6) is 11.5 Å². The monoisotopic (exact) mass is 380 g/mol. The van der Waals surface area contributed by atoms with E-state index in [0.29, 0.717) is 42.3 Å². The number of hydrogen-bond donors (Lipinski definition) is 2. The van der Waals surface area contributed by atoms with Crippen molar-refractivity contribution in [2.45, 2.75) is 38.6 Å². The van der Waals surface area contributed by atoms with Gasteiger partial charge in [-0.2, -0.15) is 5.26 Å². The number of anilines is 1. The number of fused-ring (bicyclic) bond motifs is 1. The number of phenols is 1. The standard InChI is InChI=1S/C20H24N6O2/c1-13-18(16-5-6-17-15(19(16)27)7-11-28-17)24-25-20(22-13)23-14-4-2-9-26(12-14)10-3-8-21/h5-6,14,27H,2-4,7,9-12H2,1H3,(H,22,23,25)/t14-/m1/s1. The van der Waals surface area contributed by atoms with E-state index in [2.05, 4.69) is 31.5 Å². The van der Waals surface area contributed by atoms with E-state index in [9.17, 15) is 5.11 Å². The summed E-state index contributed by atoms with van der Waals surface area (Å²) < 4.78 is 5.49. The van der Waals surface area contributed by atoms with Crippen LogP contribution in [0.3, 0.4) is 0 Å². The Morgan fingerprint density at radius 3 is 3.11 bits per heavy atom. The molecule has 8 nitrogen and oxygen atoms in total. The van der Waals surface area contributed by atoms with Gasteiger partial charge in [-0.15, -0.1) is 10.2 Å². The number of nitriles is 1. The molecule has 0 unspecified atom stereocenters. The lowest BCUT2D eigenvalue weighted by Crippen LogP contribution is -2.42. The van der Waals surface area contributed by atoms with Crippen molar-refractivity contribution in [3.05, 3.63) is 23.4 Å². The van der Waals surface area contributed by atoms with Gasteiger partial charge in [0.1, 0.15) is 17.2 Å². The van der Waals surface area contributed by atoms with Crippen LogP contribution in [0.2, 0.25) is 0 Å². The molecule has 2 aliphatic heterocycles. The van der Waals surface area contributed by atoms with E-state index in [0.717, 1.165) is 43.8 Å². The summed E-state index contributed by atoms with van der Waals surface area (Å²) in [5.41, 5.74) is 2.75. The van der Waals surface area contributed by atoms with Crippen LogP contribution in [0.1, 0.15) is 30.5 Å². The summed E-state index contributed by atoms with van der Waals surface area (Å²) in [6.45, 7) is 5.16. The van der Waals surface area contributed by atoms with Crippen LogP contribution in [0.25, 0.3) is 11.3 Å². The number of likely N-dealkylation sites (tertiary alicyclic amines) is 1. The second-order valence-electron chi connectivity index (χ2n) is 7.30. The van der Waals surface area contributed by atoms with Gasteiger partial charge in [-0.3, -0.25) is 0 Å². The van der Waals surface area contributed by atoms with Crippen molar-refractivity contribution in [1.29, 1.82) is 5.26 Å². The zero-order chi connectivity index (χ0) is 19.5. The van der Waals surface area contributed by atoms with Crippen LogP contribution in [0.15, 0.2) is 12.1 Å². The molecule has 1 aromatic heterocycles. The lowest BCUT2D eigenvalue weighted by atomic mass is 10.0. The Balaban J connectivity index is 1.49. The van der Waals surface area contributed by atoms with Crippen molar-refractivity contribution in [2.75, 3.05) is 31.6 Å². The summed E-state index contributed by atoms with van der Waals surface area (Å²) in [5.74, 6) is 1.43. The third-order valence-electron chi connectivity index (χ3n) is 5.34. The van der Waals surface area contributed by atoms with Gasteiger partial charge in [-0.1, -0.05) is 0 Å². The highest BCUT2D eigenvalue weighted by Crippen LogP contribution is 2.40. The molecule has 3 heterocycles. The number of phenolic OH excluding ortho intramolecular Hbond substituents is 1. The fourth-order valence-electron chi connectivity index (χ4n) is 3.93. The number of nitrogens with one attached hydrogen (secondary N) is 1. The average molecular weight is 380 g/mol. The van der Waals surface area contributed by atoms with Gasteiger partial charge in [0.05, 0.1) is 18.4 Å². The second kappa shape index (κ2) is 7.98. The largest absolute Gasteiger partial charge is 0.507 e. The minimum atomic E-state index is 0.204. The molecule has 1 fully saturated rings. The SMILES string of the molecule is Cc1nc(N[C@@H]2CCCN(CCC#N)C2)nnc1-c1ccc2c(c1O)CCO2. The molecule has 1 atom stereocenters. The summed E-state index contributed by atoms with van der Waals surface area (Å²) in [4.78, 5) is 6.86. The van der Waals surface area contributed by atoms with Crippen molar-refractivity contribution in [3.8, 4) is 28.8 Å². The zero-order valence-electron chi connectivity index (χ0n) is 16.0. The Bertz CT molecular complexity index is 910. The molecule has 1 saturated heterocycles. The predicted molar refractivity (Wildman–Crippen MR) is 104 cm³/mol. The highest BCUT2D eigenvalue weighted by atomic mass is 16.5. The van der Waals surface area contributed by atoms with Gasteiger partial charge < -0.3 is 20.1 Å². The topological polar surface area (TPSA) is 107 Å². The lowest BCUT2D eigenvalue weighted by Gasteiger charge is -2.32. The van der Waals surface area contributed by atoms with Gasteiger partial charge in [0.15, 0.2) is 0 Å². The Hall–Kier alpha value is -2.92. The molecule has 0 radical (unpaired) electrons. The summed E-state index contributed by atoms with van der Waals surface area (Å²) >= 11 is 0. The molecule has 2 N–H and O–H groups in total. The molecule has 0 amide bonds. The minimum absolute atomic E-state index is 0.204. The van der Waals surface area contributed by atoms with E-state index in [1.54, 1.807) is 6.07 Å². The maximum Gasteiger partial charge on any atom is 0.243 e. The Labute approximate surface area is 164 Å². The van der Waals surface area contributed by atoms with Crippen molar-refractivity contribution in [2.24, 2.45) is 0 Å². The van der Waals surface area contributed by atoms with E-state index < -0.39 is 0 Å². The molecule has 0 aliphatic carbocycles. The average Bonchev–Trinajstić information content (AvgIpc) is 3.18. The number of hydrogen-bond acceptors (Lipinski definition) is 8. The van der Waals surface area contributed by atoms with Crippen LogP contribution >= 0.6 is 0 Å². The first-order valence-corrected chi connectivity index (χ1v) is 9.71. The van der Waals surface area contributed by atoms with Crippen molar-refractivity contribution >= 4 is 5.95 Å². The van der Waals surface area contributed by atoms with E-state index in [1.165, 1.54) is 0 Å². The minimum Gasteiger partial charge on any atom is -0.507 e. The van der Waals surface area contributed by atoms with Gasteiger partial charge >= 0.3 is 0 Å². The molecular weight excluding hydrogens is 356 g/mol. The smallest absolute Gasteiger partial charge is 0.243 e. The van der Waals surface area contributed by atoms with Gasteiger partial charge in [0, 0.05) is 43.1 Å². The van der Waals surface area contributed by atoms with Gasteiger partial charge in [0.25, 0.3) is 0 Å². The van der Waals surface area contributed by atoms with Gasteiger partial charge in [-0.25, -0.2) is 4.98 Å². The molecule has 1 aromatic carbocycles.